The Balaban J connectivity index is 3.26. The van der Waals surface area contributed by atoms with Gasteiger partial charge in [0.25, 0.3) is 0 Å². The minimum atomic E-state index is -2.69. The fourth-order valence-corrected chi connectivity index (χ4v) is 0. The molecule has 0 aliphatic heterocycles. The van der Waals surface area contributed by atoms with E-state index in [1.165, 1.54) is 0 Å². The van der Waals surface area contributed by atoms with Gasteiger partial charge in [0.15, 0.2) is 0 Å². The molecule has 2 nitrogen and oxygen atoms in total. The number of hydrogen-bond donors (Lipinski definition) is 1. The SMILES string of the molecule is C=C(C)[SiH]([O])O. The lowest BCUT2D eigenvalue weighted by Gasteiger charge is -1.88. The molecule has 0 amide bonds. The average Bonchev–Trinajstić information content (AvgIpc) is 1.36. The quantitative estimate of drug-likeness (QED) is 0.456. The van der Waals surface area contributed by atoms with E-state index >= 15 is 0 Å². The maximum atomic E-state index is 9.82. The first-order valence-electron chi connectivity index (χ1n) is 1.64. The summed E-state index contributed by atoms with van der Waals surface area (Å²) in [5.41, 5.74) is 0. The van der Waals surface area contributed by atoms with Crippen LogP contribution in [0.15, 0.2) is 11.8 Å². The molecule has 0 aromatic rings. The van der Waals surface area contributed by atoms with Crippen molar-refractivity contribution in [2.75, 3.05) is 0 Å². The smallest absolute Gasteiger partial charge is 0.383 e. The summed E-state index contributed by atoms with van der Waals surface area (Å²) in [5, 5.41) is 0.398. The monoisotopic (exact) mass is 103 g/mol. The standard InChI is InChI=1S/C3H7O2Si/c1-3(2)6(4)5/h4,6H,1H2,2H3. The van der Waals surface area contributed by atoms with Gasteiger partial charge in [0, 0.05) is 0 Å². The van der Waals surface area contributed by atoms with Gasteiger partial charge in [-0.15, -0.1) is 0 Å². The number of hydrogen-bond acceptors (Lipinski definition) is 1. The molecule has 0 heterocycles. The first-order valence-corrected chi connectivity index (χ1v) is 3.20. The van der Waals surface area contributed by atoms with Crippen LogP contribution in [0.4, 0.5) is 0 Å². The van der Waals surface area contributed by atoms with Crippen molar-refractivity contribution in [3.8, 4) is 0 Å². The lowest BCUT2D eigenvalue weighted by molar-refractivity contribution is 0.346. The average molecular weight is 103 g/mol. The maximum absolute atomic E-state index is 9.82. The second kappa shape index (κ2) is 2.12. The molecule has 0 rings (SSSR count). The van der Waals surface area contributed by atoms with Crippen molar-refractivity contribution in [3.05, 3.63) is 11.8 Å². The van der Waals surface area contributed by atoms with Crippen LogP contribution in [-0.2, 0) is 4.80 Å². The van der Waals surface area contributed by atoms with Crippen LogP contribution in [0.2, 0.25) is 0 Å². The van der Waals surface area contributed by atoms with E-state index in [-0.39, 0.29) is 0 Å². The van der Waals surface area contributed by atoms with Crippen LogP contribution < -0.4 is 0 Å². The van der Waals surface area contributed by atoms with Crippen LogP contribution in [0.25, 0.3) is 0 Å². The molecule has 0 bridgehead atoms. The summed E-state index contributed by atoms with van der Waals surface area (Å²) in [5.74, 6) is 0. The van der Waals surface area contributed by atoms with Gasteiger partial charge >= 0.3 is 9.28 Å². The Bertz CT molecular complexity index is 59.8. The fraction of sp³-hybridized carbons (Fsp3) is 0.333. The second-order valence-electron chi connectivity index (χ2n) is 1.20. The summed E-state index contributed by atoms with van der Waals surface area (Å²) in [7, 11) is -2.69. The Morgan fingerprint density at radius 3 is 2.17 bits per heavy atom. The lowest BCUT2D eigenvalue weighted by Crippen LogP contribution is -2.08. The largest absolute Gasteiger partial charge is 0.408 e. The zero-order valence-electron chi connectivity index (χ0n) is 3.64. The second-order valence-corrected chi connectivity index (χ2v) is 2.89. The highest BCUT2D eigenvalue weighted by Crippen LogP contribution is 1.85. The summed E-state index contributed by atoms with van der Waals surface area (Å²) >= 11 is 0. The van der Waals surface area contributed by atoms with Gasteiger partial charge in [-0.05, 0) is 12.1 Å². The Hall–Kier alpha value is -0.123. The van der Waals surface area contributed by atoms with Gasteiger partial charge in [-0.1, -0.05) is 6.58 Å². The lowest BCUT2D eigenvalue weighted by atomic mass is 10.8. The number of rotatable bonds is 1. The fourth-order valence-electron chi connectivity index (χ4n) is 0. The minimum Gasteiger partial charge on any atom is -0.408 e. The first-order chi connectivity index (χ1) is 2.64. The molecule has 6 heavy (non-hydrogen) atoms. The normalized spacial score (nSPS) is 9.33. The Morgan fingerprint density at radius 1 is 2.00 bits per heavy atom. The Labute approximate surface area is 38.6 Å². The molecule has 0 saturated heterocycles. The van der Waals surface area contributed by atoms with Crippen molar-refractivity contribution in [1.82, 2.24) is 0 Å². The van der Waals surface area contributed by atoms with Gasteiger partial charge in [-0.3, -0.25) is 4.80 Å². The molecule has 3 heteroatoms. The van der Waals surface area contributed by atoms with Crippen molar-refractivity contribution in [3.63, 3.8) is 0 Å². The molecule has 0 aliphatic rings. The highest BCUT2D eigenvalue weighted by molar-refractivity contribution is 6.49. The topological polar surface area (TPSA) is 40.1 Å². The summed E-state index contributed by atoms with van der Waals surface area (Å²) in [6.45, 7) is 4.80. The van der Waals surface area contributed by atoms with Gasteiger partial charge in [0.05, 0.1) is 0 Å². The third-order valence-corrected chi connectivity index (χ3v) is 1.26. The predicted molar refractivity (Wildman–Crippen MR) is 24.9 cm³/mol. The molecular formula is C3H7O2Si. The summed E-state index contributed by atoms with van der Waals surface area (Å²) in [4.78, 5) is 17.9. The van der Waals surface area contributed by atoms with E-state index in [9.17, 15) is 4.80 Å². The van der Waals surface area contributed by atoms with Crippen LogP contribution in [-0.4, -0.2) is 14.1 Å². The maximum Gasteiger partial charge on any atom is 0.383 e. The molecule has 1 unspecified atom stereocenters. The van der Waals surface area contributed by atoms with Gasteiger partial charge in [0.2, 0.25) is 0 Å². The van der Waals surface area contributed by atoms with Crippen molar-refractivity contribution < 1.29 is 9.59 Å². The Kier molecular flexibility index (Phi) is 2.08. The van der Waals surface area contributed by atoms with Crippen LogP contribution in [0, 0.1) is 0 Å². The third kappa shape index (κ3) is 2.13. The minimum absolute atomic E-state index is 0.398. The molecule has 0 saturated carbocycles. The van der Waals surface area contributed by atoms with Crippen LogP contribution in [0.1, 0.15) is 6.92 Å². The van der Waals surface area contributed by atoms with Crippen molar-refractivity contribution >= 4 is 9.28 Å². The molecule has 0 spiro atoms. The summed E-state index contributed by atoms with van der Waals surface area (Å²) in [6, 6.07) is 0. The van der Waals surface area contributed by atoms with Crippen LogP contribution >= 0.6 is 0 Å². The highest BCUT2D eigenvalue weighted by atomic mass is 28.3. The van der Waals surface area contributed by atoms with E-state index in [0.717, 1.165) is 0 Å². The summed E-state index contributed by atoms with van der Waals surface area (Å²) < 4.78 is 0. The van der Waals surface area contributed by atoms with Crippen LogP contribution in [0.5, 0.6) is 0 Å². The predicted octanol–water partition coefficient (Wildman–Crippen LogP) is -0.255. The zero-order chi connectivity index (χ0) is 5.15. The van der Waals surface area contributed by atoms with E-state index < -0.39 is 9.28 Å². The molecule has 0 aromatic carbocycles. The van der Waals surface area contributed by atoms with E-state index in [1.54, 1.807) is 6.92 Å². The Morgan fingerprint density at radius 2 is 2.17 bits per heavy atom. The molecule has 35 valence electrons. The van der Waals surface area contributed by atoms with E-state index in [4.69, 9.17) is 4.80 Å². The van der Waals surface area contributed by atoms with Gasteiger partial charge in [-0.2, -0.15) is 0 Å². The third-order valence-electron chi connectivity index (χ3n) is 0.422. The van der Waals surface area contributed by atoms with E-state index in [0.29, 0.717) is 5.20 Å². The summed E-state index contributed by atoms with van der Waals surface area (Å²) in [6.07, 6.45) is 0. The van der Waals surface area contributed by atoms with Crippen LogP contribution in [0.3, 0.4) is 0 Å². The van der Waals surface area contributed by atoms with Crippen molar-refractivity contribution in [2.24, 2.45) is 0 Å². The zero-order valence-corrected chi connectivity index (χ0v) is 4.79. The molecule has 0 aromatic heterocycles. The van der Waals surface area contributed by atoms with Crippen molar-refractivity contribution in [1.29, 1.82) is 0 Å². The number of allylic oxidation sites excluding steroid dienone is 1. The first kappa shape index (κ1) is 5.88. The van der Waals surface area contributed by atoms with Gasteiger partial charge < -0.3 is 4.80 Å². The van der Waals surface area contributed by atoms with Crippen molar-refractivity contribution in [2.45, 2.75) is 6.92 Å². The molecule has 1 atom stereocenters. The molecule has 1 radical (unpaired) electrons. The van der Waals surface area contributed by atoms with E-state index in [2.05, 4.69) is 6.58 Å². The highest BCUT2D eigenvalue weighted by Gasteiger charge is 2.00. The molecule has 0 aliphatic carbocycles. The van der Waals surface area contributed by atoms with Gasteiger partial charge in [0.1, 0.15) is 0 Å². The molecule has 1 N–H and O–H groups in total. The molecular weight excluding hydrogens is 96.1 g/mol. The van der Waals surface area contributed by atoms with Gasteiger partial charge in [-0.25, -0.2) is 0 Å². The van der Waals surface area contributed by atoms with E-state index in [1.807, 2.05) is 0 Å². The molecule has 0 fully saturated rings.